The van der Waals surface area contributed by atoms with Gasteiger partial charge in [-0.15, -0.1) is 24.8 Å². The van der Waals surface area contributed by atoms with Crippen molar-refractivity contribution in [3.8, 4) is 0 Å². The Morgan fingerprint density at radius 1 is 1.09 bits per heavy atom. The van der Waals surface area contributed by atoms with Gasteiger partial charge >= 0.3 is 0 Å². The van der Waals surface area contributed by atoms with E-state index in [0.29, 0.717) is 11.3 Å². The van der Waals surface area contributed by atoms with Gasteiger partial charge in [0.05, 0.1) is 19.3 Å². The van der Waals surface area contributed by atoms with Crippen LogP contribution in [-0.4, -0.2) is 74.2 Å². The fraction of sp³-hybridized carbons (Fsp3) is 0.933. The summed E-state index contributed by atoms with van der Waals surface area (Å²) in [5, 5.41) is 3.48. The van der Waals surface area contributed by atoms with Crippen LogP contribution in [0.15, 0.2) is 0 Å². The average molecular weight is 354 g/mol. The molecular formula is C15H29Cl2N3O2. The summed E-state index contributed by atoms with van der Waals surface area (Å²) in [5.41, 5.74) is 0.485. The third-order valence-corrected chi connectivity index (χ3v) is 5.42. The van der Waals surface area contributed by atoms with E-state index in [2.05, 4.69) is 22.0 Å². The van der Waals surface area contributed by atoms with Crippen LogP contribution >= 0.6 is 24.8 Å². The number of ether oxygens (including phenoxy) is 1. The predicted molar refractivity (Wildman–Crippen MR) is 92.1 cm³/mol. The van der Waals surface area contributed by atoms with Gasteiger partial charge in [-0.1, -0.05) is 0 Å². The van der Waals surface area contributed by atoms with Gasteiger partial charge in [0.25, 0.3) is 0 Å². The molecule has 22 heavy (non-hydrogen) atoms. The predicted octanol–water partition coefficient (Wildman–Crippen LogP) is 1.15. The van der Waals surface area contributed by atoms with Crippen LogP contribution in [0.5, 0.6) is 0 Å². The van der Waals surface area contributed by atoms with Crippen LogP contribution in [-0.2, 0) is 9.53 Å². The van der Waals surface area contributed by atoms with Gasteiger partial charge in [0, 0.05) is 32.7 Å². The Balaban J connectivity index is 0.00000121. The molecule has 0 aromatic carbocycles. The molecule has 1 spiro atoms. The highest BCUT2D eigenvalue weighted by Crippen LogP contribution is 2.37. The summed E-state index contributed by atoms with van der Waals surface area (Å²) in [5.74, 6) is 0.313. The number of halogens is 2. The maximum absolute atomic E-state index is 12.6. The Morgan fingerprint density at radius 3 is 2.27 bits per heavy atom. The molecule has 0 aromatic heterocycles. The molecule has 3 aliphatic heterocycles. The van der Waals surface area contributed by atoms with Crippen molar-refractivity contribution < 1.29 is 9.53 Å². The summed E-state index contributed by atoms with van der Waals surface area (Å²) < 4.78 is 5.36. The number of carbonyl (C=O) groups excluding carboxylic acids is 1. The zero-order valence-corrected chi connectivity index (χ0v) is 15.0. The van der Waals surface area contributed by atoms with E-state index in [1.54, 1.807) is 0 Å². The number of piperidine rings is 1. The molecule has 7 heteroatoms. The first kappa shape index (κ1) is 20.0. The third kappa shape index (κ3) is 4.26. The van der Waals surface area contributed by atoms with Crippen molar-refractivity contribution in [1.29, 1.82) is 0 Å². The van der Waals surface area contributed by atoms with Crippen molar-refractivity contribution in [3.63, 3.8) is 0 Å². The Morgan fingerprint density at radius 2 is 1.73 bits per heavy atom. The Kier molecular flexibility index (Phi) is 7.89. The fourth-order valence-corrected chi connectivity index (χ4v) is 3.81. The van der Waals surface area contributed by atoms with Crippen molar-refractivity contribution in [3.05, 3.63) is 0 Å². The fourth-order valence-electron chi connectivity index (χ4n) is 3.81. The Labute approximate surface area is 145 Å². The van der Waals surface area contributed by atoms with Gasteiger partial charge in [-0.3, -0.25) is 9.69 Å². The van der Waals surface area contributed by atoms with Crippen molar-refractivity contribution in [2.75, 3.05) is 52.5 Å². The number of amides is 1. The lowest BCUT2D eigenvalue weighted by Crippen LogP contribution is -2.53. The molecule has 3 aliphatic rings. The molecule has 0 radical (unpaired) electrons. The van der Waals surface area contributed by atoms with Crippen LogP contribution in [0.4, 0.5) is 0 Å². The molecule has 3 fully saturated rings. The molecule has 3 saturated heterocycles. The molecule has 0 aliphatic carbocycles. The highest BCUT2D eigenvalue weighted by atomic mass is 35.5. The minimum atomic E-state index is 0. The number of nitrogens with zero attached hydrogens (tertiary/aromatic N) is 2. The first-order valence-corrected chi connectivity index (χ1v) is 8.02. The van der Waals surface area contributed by atoms with Crippen molar-refractivity contribution in [2.24, 2.45) is 5.41 Å². The molecule has 3 rings (SSSR count). The van der Waals surface area contributed by atoms with Gasteiger partial charge in [-0.05, 0) is 38.1 Å². The van der Waals surface area contributed by atoms with Crippen LogP contribution < -0.4 is 5.32 Å². The second-order valence-electron chi connectivity index (χ2n) is 6.58. The van der Waals surface area contributed by atoms with Crippen molar-refractivity contribution in [1.82, 2.24) is 15.1 Å². The molecule has 0 bridgehead atoms. The molecule has 1 unspecified atom stereocenters. The number of carbonyl (C=O) groups is 1. The highest BCUT2D eigenvalue weighted by Gasteiger charge is 2.39. The smallest absolute Gasteiger partial charge is 0.239 e. The van der Waals surface area contributed by atoms with Gasteiger partial charge in [-0.25, -0.2) is 0 Å². The van der Waals surface area contributed by atoms with Gasteiger partial charge in [0.1, 0.15) is 0 Å². The number of hydrogen-bond acceptors (Lipinski definition) is 4. The molecule has 130 valence electrons. The summed E-state index contributed by atoms with van der Waals surface area (Å²) in [7, 11) is 0. The highest BCUT2D eigenvalue weighted by molar-refractivity contribution is 5.85. The van der Waals surface area contributed by atoms with E-state index < -0.39 is 0 Å². The first-order chi connectivity index (χ1) is 9.70. The second-order valence-corrected chi connectivity index (χ2v) is 6.58. The lowest BCUT2D eigenvalue weighted by Gasteiger charge is -2.41. The van der Waals surface area contributed by atoms with Crippen molar-refractivity contribution in [2.45, 2.75) is 32.2 Å². The first-order valence-electron chi connectivity index (χ1n) is 8.02. The van der Waals surface area contributed by atoms with E-state index in [4.69, 9.17) is 4.74 Å². The van der Waals surface area contributed by atoms with Crippen LogP contribution in [0.2, 0.25) is 0 Å². The lowest BCUT2D eigenvalue weighted by molar-refractivity contribution is -0.140. The third-order valence-electron chi connectivity index (χ3n) is 5.42. The monoisotopic (exact) mass is 353 g/mol. The minimum Gasteiger partial charge on any atom is -0.379 e. The van der Waals surface area contributed by atoms with Gasteiger partial charge in [0.15, 0.2) is 0 Å². The molecule has 1 atom stereocenters. The minimum absolute atomic E-state index is 0. The van der Waals surface area contributed by atoms with Crippen molar-refractivity contribution >= 4 is 30.7 Å². The second kappa shape index (κ2) is 8.69. The van der Waals surface area contributed by atoms with Gasteiger partial charge < -0.3 is 15.0 Å². The normalized spacial score (nSPS) is 26.1. The lowest BCUT2D eigenvalue weighted by atomic mass is 9.78. The SMILES string of the molecule is CC(C(=O)N1CCC2(CCNC2)CC1)N1CCOCC1.Cl.Cl. The maximum Gasteiger partial charge on any atom is 0.239 e. The quantitative estimate of drug-likeness (QED) is 0.808. The summed E-state index contributed by atoms with van der Waals surface area (Å²) in [6.07, 6.45) is 3.62. The molecule has 0 saturated carbocycles. The van der Waals surface area contributed by atoms with Gasteiger partial charge in [0.2, 0.25) is 5.91 Å². The van der Waals surface area contributed by atoms with E-state index >= 15 is 0 Å². The summed E-state index contributed by atoms with van der Waals surface area (Å²) >= 11 is 0. The number of likely N-dealkylation sites (tertiary alicyclic amines) is 1. The topological polar surface area (TPSA) is 44.8 Å². The van der Waals surface area contributed by atoms with E-state index in [1.165, 1.54) is 19.3 Å². The molecule has 3 heterocycles. The number of morpholine rings is 1. The summed E-state index contributed by atoms with van der Waals surface area (Å²) in [6, 6.07) is 0.00894. The Hall–Kier alpha value is -0.0700. The Bertz CT molecular complexity index is 349. The van der Waals surface area contributed by atoms with E-state index in [9.17, 15) is 4.79 Å². The van der Waals surface area contributed by atoms with E-state index in [-0.39, 0.29) is 30.9 Å². The largest absolute Gasteiger partial charge is 0.379 e. The number of hydrogen-bond donors (Lipinski definition) is 1. The van der Waals surface area contributed by atoms with E-state index in [1.807, 2.05) is 0 Å². The molecular weight excluding hydrogens is 325 g/mol. The molecule has 5 nitrogen and oxygen atoms in total. The number of nitrogens with one attached hydrogen (secondary N) is 1. The van der Waals surface area contributed by atoms with Crippen LogP contribution in [0, 0.1) is 5.41 Å². The number of rotatable bonds is 2. The van der Waals surface area contributed by atoms with Crippen LogP contribution in [0.1, 0.15) is 26.2 Å². The summed E-state index contributed by atoms with van der Waals surface area (Å²) in [4.78, 5) is 17.0. The summed E-state index contributed by atoms with van der Waals surface area (Å²) in [6.45, 7) is 9.51. The zero-order chi connectivity index (χ0) is 14.0. The molecule has 0 aromatic rings. The van der Waals surface area contributed by atoms with E-state index in [0.717, 1.165) is 52.5 Å². The van der Waals surface area contributed by atoms with Gasteiger partial charge in [-0.2, -0.15) is 0 Å². The zero-order valence-electron chi connectivity index (χ0n) is 13.4. The van der Waals surface area contributed by atoms with Crippen LogP contribution in [0.25, 0.3) is 0 Å². The average Bonchev–Trinajstić information content (AvgIpc) is 2.96. The standard InChI is InChI=1S/C15H27N3O2.2ClH/c1-13(17-8-10-20-11-9-17)14(19)18-6-3-15(4-7-18)2-5-16-12-15;;/h13,16H,2-12H2,1H3;2*1H. The maximum atomic E-state index is 12.6. The molecule has 1 amide bonds. The molecule has 1 N–H and O–H groups in total. The van der Waals surface area contributed by atoms with Crippen LogP contribution in [0.3, 0.4) is 0 Å².